The number of aryl methyl sites for hydroxylation is 1. The molecule has 2 aliphatic rings. The van der Waals surface area contributed by atoms with Gasteiger partial charge in [0.2, 0.25) is 0 Å². The average molecular weight is 283 g/mol. The van der Waals surface area contributed by atoms with E-state index >= 15 is 0 Å². The third-order valence-electron chi connectivity index (χ3n) is 3.78. The van der Waals surface area contributed by atoms with E-state index in [4.69, 9.17) is 23.7 Å². The highest BCUT2D eigenvalue weighted by atomic mass is 32.1. The summed E-state index contributed by atoms with van der Waals surface area (Å²) in [6.45, 7) is 0. The highest BCUT2D eigenvalue weighted by molar-refractivity contribution is 7.81. The van der Waals surface area contributed by atoms with Gasteiger partial charge in [-0.15, -0.1) is 0 Å². The van der Waals surface area contributed by atoms with Crippen LogP contribution in [0.2, 0.25) is 0 Å². The lowest BCUT2D eigenvalue weighted by molar-refractivity contribution is 0.713. The van der Waals surface area contributed by atoms with Crippen LogP contribution in [0.4, 0.5) is 5.69 Å². The van der Waals surface area contributed by atoms with Crippen LogP contribution in [0.25, 0.3) is 0 Å². The van der Waals surface area contributed by atoms with Crippen molar-refractivity contribution in [2.24, 2.45) is 16.5 Å². The Bertz CT molecular complexity index is 656. The predicted octanol–water partition coefficient (Wildman–Crippen LogP) is 2.88. The summed E-state index contributed by atoms with van der Waals surface area (Å²) in [5.41, 5.74) is 16.4. The summed E-state index contributed by atoms with van der Waals surface area (Å²) in [7, 11) is 0. The van der Waals surface area contributed by atoms with Crippen LogP contribution in [0.15, 0.2) is 47.0 Å². The molecular formula is C16H17N3S. The quantitative estimate of drug-likeness (QED) is 0.498. The zero-order valence-electron chi connectivity index (χ0n) is 11.2. The first kappa shape index (κ1) is 13.2. The molecule has 0 spiro atoms. The van der Waals surface area contributed by atoms with Gasteiger partial charge in [0.15, 0.2) is 0 Å². The largest absolute Gasteiger partial charge is 0.383 e. The first-order chi connectivity index (χ1) is 9.65. The van der Waals surface area contributed by atoms with Gasteiger partial charge in [0, 0.05) is 22.9 Å². The molecule has 0 fully saturated rings. The molecule has 3 nitrogen and oxygen atoms in total. The lowest BCUT2D eigenvalue weighted by atomic mass is 10.0. The zero-order chi connectivity index (χ0) is 14.1. The van der Waals surface area contributed by atoms with Crippen LogP contribution in [0.3, 0.4) is 0 Å². The van der Waals surface area contributed by atoms with Crippen molar-refractivity contribution in [3.8, 4) is 0 Å². The van der Waals surface area contributed by atoms with Crippen LogP contribution >= 0.6 is 12.2 Å². The Morgan fingerprint density at radius 3 is 3.00 bits per heavy atom. The smallest absolute Gasteiger partial charge is 0.132 e. The van der Waals surface area contributed by atoms with Crippen LogP contribution in [0.1, 0.15) is 30.0 Å². The van der Waals surface area contributed by atoms with Crippen LogP contribution in [-0.2, 0) is 6.42 Å². The molecule has 4 heteroatoms. The van der Waals surface area contributed by atoms with E-state index in [9.17, 15) is 0 Å². The van der Waals surface area contributed by atoms with Gasteiger partial charge in [0.25, 0.3) is 0 Å². The molecule has 0 bridgehead atoms. The number of benzene rings is 1. The Morgan fingerprint density at radius 1 is 1.35 bits per heavy atom. The van der Waals surface area contributed by atoms with E-state index in [-0.39, 0.29) is 6.04 Å². The third kappa shape index (κ3) is 2.44. The minimum Gasteiger partial charge on any atom is -0.383 e. The van der Waals surface area contributed by atoms with Gasteiger partial charge < -0.3 is 11.5 Å². The number of rotatable bonds is 2. The number of nitrogens with two attached hydrogens (primary N) is 2. The number of aliphatic imine (C=N–C) groups is 1. The fraction of sp³-hybridized carbons (Fsp3) is 0.250. The minimum atomic E-state index is 0.124. The number of fused-ring (bicyclic) bond motifs is 1. The van der Waals surface area contributed by atoms with Crippen molar-refractivity contribution in [1.29, 1.82) is 0 Å². The van der Waals surface area contributed by atoms with Gasteiger partial charge in [-0.3, -0.25) is 0 Å². The van der Waals surface area contributed by atoms with Crippen molar-refractivity contribution < 1.29 is 0 Å². The Morgan fingerprint density at radius 2 is 2.20 bits per heavy atom. The number of hydrogen-bond acceptors (Lipinski definition) is 3. The van der Waals surface area contributed by atoms with E-state index in [1.165, 1.54) is 11.1 Å². The van der Waals surface area contributed by atoms with Gasteiger partial charge >= 0.3 is 0 Å². The molecule has 0 saturated heterocycles. The Kier molecular flexibility index (Phi) is 3.51. The molecule has 0 amide bonds. The molecule has 20 heavy (non-hydrogen) atoms. The Labute approximate surface area is 124 Å². The van der Waals surface area contributed by atoms with Gasteiger partial charge in [-0.1, -0.05) is 36.5 Å². The monoisotopic (exact) mass is 283 g/mol. The standard InChI is InChI=1S/C16H17N3S/c17-14-8-6-10-5-7-11(9-13(10)14)19-16(18)12-3-1-2-4-15(12)20/h1-3,5,7,9,14H,4,6,8,17H2,(H2,18,19). The van der Waals surface area contributed by atoms with Gasteiger partial charge in [-0.2, -0.15) is 0 Å². The molecule has 0 saturated carbocycles. The minimum absolute atomic E-state index is 0.124. The molecule has 1 unspecified atom stereocenters. The topological polar surface area (TPSA) is 64.4 Å². The molecule has 4 N–H and O–H groups in total. The van der Waals surface area contributed by atoms with E-state index in [0.717, 1.165) is 35.4 Å². The average Bonchev–Trinajstić information content (AvgIpc) is 2.81. The number of hydrogen-bond donors (Lipinski definition) is 2. The van der Waals surface area contributed by atoms with Crippen molar-refractivity contribution in [3.05, 3.63) is 53.1 Å². The predicted molar refractivity (Wildman–Crippen MR) is 87.4 cm³/mol. The van der Waals surface area contributed by atoms with Crippen molar-refractivity contribution in [3.63, 3.8) is 0 Å². The zero-order valence-corrected chi connectivity index (χ0v) is 12.0. The fourth-order valence-corrected chi connectivity index (χ4v) is 2.93. The molecule has 0 aromatic heterocycles. The fourth-order valence-electron chi connectivity index (χ4n) is 2.66. The molecule has 1 aromatic rings. The maximum atomic E-state index is 6.09. The van der Waals surface area contributed by atoms with Crippen LogP contribution in [0.5, 0.6) is 0 Å². The van der Waals surface area contributed by atoms with Crippen LogP contribution in [0, 0.1) is 0 Å². The Balaban J connectivity index is 1.92. The molecule has 3 rings (SSSR count). The molecule has 102 valence electrons. The first-order valence-corrected chi connectivity index (χ1v) is 7.19. The van der Waals surface area contributed by atoms with E-state index in [0.29, 0.717) is 5.84 Å². The summed E-state index contributed by atoms with van der Waals surface area (Å²) in [6, 6.07) is 6.26. The van der Waals surface area contributed by atoms with Gasteiger partial charge in [-0.25, -0.2) is 4.99 Å². The summed E-state index contributed by atoms with van der Waals surface area (Å²) in [6.07, 6.45) is 8.73. The second-order valence-corrected chi connectivity index (χ2v) is 5.65. The lowest BCUT2D eigenvalue weighted by Crippen LogP contribution is -2.20. The molecule has 0 heterocycles. The molecule has 0 aliphatic heterocycles. The second kappa shape index (κ2) is 5.31. The maximum absolute atomic E-state index is 6.09. The van der Waals surface area contributed by atoms with Crippen LogP contribution < -0.4 is 11.5 Å². The lowest BCUT2D eigenvalue weighted by Gasteiger charge is -2.10. The SMILES string of the molecule is NC(=Nc1ccc2c(c1)C(N)CC2)C1=CC=CCC1=S. The van der Waals surface area contributed by atoms with Crippen molar-refractivity contribution in [2.75, 3.05) is 0 Å². The van der Waals surface area contributed by atoms with Gasteiger partial charge in [0.1, 0.15) is 5.84 Å². The van der Waals surface area contributed by atoms with Crippen molar-refractivity contribution >= 4 is 28.6 Å². The summed E-state index contributed by atoms with van der Waals surface area (Å²) in [5.74, 6) is 0.478. The van der Waals surface area contributed by atoms with Crippen molar-refractivity contribution in [1.82, 2.24) is 0 Å². The van der Waals surface area contributed by atoms with E-state index in [1.807, 2.05) is 30.4 Å². The number of amidine groups is 1. The highest BCUT2D eigenvalue weighted by Crippen LogP contribution is 2.32. The van der Waals surface area contributed by atoms with Gasteiger partial charge in [0.05, 0.1) is 5.69 Å². The summed E-state index contributed by atoms with van der Waals surface area (Å²) in [5, 5.41) is 0. The molecule has 0 radical (unpaired) electrons. The number of allylic oxidation sites excluding steroid dienone is 3. The van der Waals surface area contributed by atoms with Crippen LogP contribution in [-0.4, -0.2) is 10.7 Å². The number of nitrogens with zero attached hydrogens (tertiary/aromatic N) is 1. The van der Waals surface area contributed by atoms with Gasteiger partial charge in [-0.05, 0) is 36.1 Å². The summed E-state index contributed by atoms with van der Waals surface area (Å²) >= 11 is 5.32. The van der Waals surface area contributed by atoms with E-state index in [1.54, 1.807) is 0 Å². The van der Waals surface area contributed by atoms with E-state index in [2.05, 4.69) is 11.1 Å². The third-order valence-corrected chi connectivity index (χ3v) is 4.17. The second-order valence-electron chi connectivity index (χ2n) is 5.16. The summed E-state index contributed by atoms with van der Waals surface area (Å²) < 4.78 is 0. The summed E-state index contributed by atoms with van der Waals surface area (Å²) in [4.78, 5) is 5.33. The number of thiocarbonyl (C=S) groups is 1. The van der Waals surface area contributed by atoms with Crippen molar-refractivity contribution in [2.45, 2.75) is 25.3 Å². The molecule has 2 aliphatic carbocycles. The molecule has 1 aromatic carbocycles. The van der Waals surface area contributed by atoms with E-state index < -0.39 is 0 Å². The maximum Gasteiger partial charge on any atom is 0.132 e. The first-order valence-electron chi connectivity index (χ1n) is 6.78. The molecule has 1 atom stereocenters. The highest BCUT2D eigenvalue weighted by Gasteiger charge is 2.19. The molecular weight excluding hydrogens is 266 g/mol. The Hall–Kier alpha value is -1.78. The normalized spacial score (nSPS) is 21.9.